The van der Waals surface area contributed by atoms with E-state index in [4.69, 9.17) is 16.3 Å². The zero-order chi connectivity index (χ0) is 11.5. The van der Waals surface area contributed by atoms with Gasteiger partial charge in [0, 0.05) is 18.7 Å². The molecule has 0 saturated carbocycles. The molecular weight excluding hydrogens is 244 g/mol. The molecule has 3 nitrogen and oxygen atoms in total. The summed E-state index contributed by atoms with van der Waals surface area (Å²) in [6, 6.07) is 5.71. The van der Waals surface area contributed by atoms with E-state index in [-0.39, 0.29) is 6.10 Å². The molecule has 0 amide bonds. The van der Waals surface area contributed by atoms with E-state index in [1.54, 1.807) is 18.4 Å². The van der Waals surface area contributed by atoms with Gasteiger partial charge in [-0.3, -0.25) is 0 Å². The van der Waals surface area contributed by atoms with Crippen LogP contribution in [0, 0.1) is 0 Å². The van der Waals surface area contributed by atoms with E-state index in [9.17, 15) is 0 Å². The number of methoxy groups -OCH3 is 1. The maximum atomic E-state index is 5.92. The molecule has 0 spiro atoms. The number of fused-ring (bicyclic) bond motifs is 1. The number of anilines is 1. The van der Waals surface area contributed by atoms with Crippen molar-refractivity contribution in [3.05, 3.63) is 23.2 Å². The molecule has 2 aromatic rings. The monoisotopic (exact) mass is 256 g/mol. The topological polar surface area (TPSA) is 34.1 Å². The van der Waals surface area contributed by atoms with Gasteiger partial charge in [0.05, 0.1) is 16.3 Å². The van der Waals surface area contributed by atoms with Crippen LogP contribution in [0.3, 0.4) is 0 Å². The van der Waals surface area contributed by atoms with Crippen LogP contribution in [0.25, 0.3) is 10.2 Å². The van der Waals surface area contributed by atoms with Gasteiger partial charge in [-0.05, 0) is 25.1 Å². The zero-order valence-electron chi connectivity index (χ0n) is 9.16. The molecule has 16 heavy (non-hydrogen) atoms. The van der Waals surface area contributed by atoms with Crippen molar-refractivity contribution in [1.82, 2.24) is 4.98 Å². The molecule has 86 valence electrons. The van der Waals surface area contributed by atoms with Gasteiger partial charge in [-0.2, -0.15) is 0 Å². The molecule has 0 saturated heterocycles. The number of halogens is 1. The van der Waals surface area contributed by atoms with Crippen LogP contribution < -0.4 is 5.32 Å². The zero-order valence-corrected chi connectivity index (χ0v) is 10.7. The van der Waals surface area contributed by atoms with E-state index in [1.807, 2.05) is 25.1 Å². The quantitative estimate of drug-likeness (QED) is 0.911. The van der Waals surface area contributed by atoms with E-state index < -0.39 is 0 Å². The maximum Gasteiger partial charge on any atom is 0.183 e. The summed E-state index contributed by atoms with van der Waals surface area (Å²) in [4.78, 5) is 4.45. The lowest BCUT2D eigenvalue weighted by atomic mass is 10.3. The fraction of sp³-hybridized carbons (Fsp3) is 0.364. The van der Waals surface area contributed by atoms with Crippen LogP contribution in [-0.2, 0) is 4.74 Å². The van der Waals surface area contributed by atoms with Crippen LogP contribution in [0.15, 0.2) is 18.2 Å². The van der Waals surface area contributed by atoms with Crippen molar-refractivity contribution in [3.8, 4) is 0 Å². The molecule has 2 rings (SSSR count). The van der Waals surface area contributed by atoms with Gasteiger partial charge < -0.3 is 10.1 Å². The van der Waals surface area contributed by atoms with Gasteiger partial charge in [0.2, 0.25) is 0 Å². The second-order valence-corrected chi connectivity index (χ2v) is 5.03. The first kappa shape index (κ1) is 11.6. The highest BCUT2D eigenvalue weighted by Gasteiger charge is 2.05. The molecule has 1 aromatic carbocycles. The van der Waals surface area contributed by atoms with Crippen molar-refractivity contribution in [2.24, 2.45) is 0 Å². The predicted molar refractivity (Wildman–Crippen MR) is 69.6 cm³/mol. The number of hydrogen-bond acceptors (Lipinski definition) is 4. The SMILES string of the molecule is COC(C)CNc1nc2ccc(Cl)cc2s1. The highest BCUT2D eigenvalue weighted by atomic mass is 35.5. The minimum atomic E-state index is 0.176. The third-order valence-corrected chi connectivity index (χ3v) is 3.50. The van der Waals surface area contributed by atoms with Crippen molar-refractivity contribution in [1.29, 1.82) is 0 Å². The number of hydrogen-bond donors (Lipinski definition) is 1. The average Bonchev–Trinajstić information content (AvgIpc) is 2.67. The van der Waals surface area contributed by atoms with E-state index in [2.05, 4.69) is 10.3 Å². The molecule has 0 aliphatic rings. The largest absolute Gasteiger partial charge is 0.380 e. The summed E-state index contributed by atoms with van der Waals surface area (Å²) in [6.45, 7) is 2.77. The van der Waals surface area contributed by atoms with Gasteiger partial charge in [0.25, 0.3) is 0 Å². The molecule has 0 aliphatic heterocycles. The summed E-state index contributed by atoms with van der Waals surface area (Å²) in [5.41, 5.74) is 0.974. The van der Waals surface area contributed by atoms with Crippen LogP contribution in [0.2, 0.25) is 5.02 Å². The molecule has 1 unspecified atom stereocenters. The highest BCUT2D eigenvalue weighted by molar-refractivity contribution is 7.22. The van der Waals surface area contributed by atoms with Gasteiger partial charge >= 0.3 is 0 Å². The normalized spacial score (nSPS) is 12.9. The van der Waals surface area contributed by atoms with Crippen LogP contribution in [0.5, 0.6) is 0 Å². The lowest BCUT2D eigenvalue weighted by Crippen LogP contribution is -2.17. The first-order valence-electron chi connectivity index (χ1n) is 5.02. The van der Waals surface area contributed by atoms with E-state index >= 15 is 0 Å². The fourth-order valence-electron chi connectivity index (χ4n) is 1.29. The molecule has 1 heterocycles. The lowest BCUT2D eigenvalue weighted by molar-refractivity contribution is 0.129. The Labute approximate surface area is 103 Å². The third-order valence-electron chi connectivity index (χ3n) is 2.29. The predicted octanol–water partition coefficient (Wildman–Crippen LogP) is 3.40. The number of nitrogens with one attached hydrogen (secondary N) is 1. The number of benzene rings is 1. The number of rotatable bonds is 4. The molecule has 1 aromatic heterocycles. The average molecular weight is 257 g/mol. The van der Waals surface area contributed by atoms with Crippen molar-refractivity contribution >= 4 is 38.3 Å². The van der Waals surface area contributed by atoms with Crippen LogP contribution in [0.4, 0.5) is 5.13 Å². The molecular formula is C11H13ClN2OS. The molecule has 5 heteroatoms. The van der Waals surface area contributed by atoms with Gasteiger partial charge in [0.15, 0.2) is 5.13 Å². The number of aromatic nitrogens is 1. The van der Waals surface area contributed by atoms with Gasteiger partial charge in [-0.25, -0.2) is 4.98 Å². The first-order chi connectivity index (χ1) is 7.69. The Bertz CT molecular complexity index is 486. The Morgan fingerprint density at radius 1 is 1.56 bits per heavy atom. The Kier molecular flexibility index (Phi) is 3.63. The van der Waals surface area contributed by atoms with Crippen molar-refractivity contribution in [2.75, 3.05) is 19.0 Å². The summed E-state index contributed by atoms with van der Waals surface area (Å²) in [5.74, 6) is 0. The van der Waals surface area contributed by atoms with E-state index in [0.29, 0.717) is 0 Å². The van der Waals surface area contributed by atoms with Crippen molar-refractivity contribution < 1.29 is 4.74 Å². The van der Waals surface area contributed by atoms with Gasteiger partial charge in [0.1, 0.15) is 0 Å². The Morgan fingerprint density at radius 2 is 2.38 bits per heavy atom. The number of ether oxygens (including phenoxy) is 1. The van der Waals surface area contributed by atoms with Gasteiger partial charge in [-0.15, -0.1) is 0 Å². The van der Waals surface area contributed by atoms with Crippen LogP contribution in [-0.4, -0.2) is 24.7 Å². The summed E-state index contributed by atoms with van der Waals surface area (Å²) in [5, 5.41) is 4.89. The minimum Gasteiger partial charge on any atom is -0.380 e. The molecule has 1 atom stereocenters. The van der Waals surface area contributed by atoms with Crippen molar-refractivity contribution in [2.45, 2.75) is 13.0 Å². The smallest absolute Gasteiger partial charge is 0.183 e. The Balaban J connectivity index is 2.13. The maximum absolute atomic E-state index is 5.92. The third kappa shape index (κ3) is 2.64. The Morgan fingerprint density at radius 3 is 3.12 bits per heavy atom. The Hall–Kier alpha value is -0.840. The lowest BCUT2D eigenvalue weighted by Gasteiger charge is -2.08. The number of nitrogens with zero attached hydrogens (tertiary/aromatic N) is 1. The van der Waals surface area contributed by atoms with Crippen LogP contribution >= 0.6 is 22.9 Å². The number of thiazole rings is 1. The molecule has 0 radical (unpaired) electrons. The minimum absolute atomic E-state index is 0.176. The summed E-state index contributed by atoms with van der Waals surface area (Å²) >= 11 is 7.52. The molecule has 0 fully saturated rings. The summed E-state index contributed by atoms with van der Waals surface area (Å²) < 4.78 is 6.26. The standard InChI is InChI=1S/C11H13ClN2OS/c1-7(15-2)6-13-11-14-9-4-3-8(12)5-10(9)16-11/h3-5,7H,6H2,1-2H3,(H,13,14). The highest BCUT2D eigenvalue weighted by Crippen LogP contribution is 2.28. The molecule has 0 aliphatic carbocycles. The molecule has 1 N–H and O–H groups in total. The molecule has 0 bridgehead atoms. The second-order valence-electron chi connectivity index (χ2n) is 3.56. The second kappa shape index (κ2) is 4.99. The summed E-state index contributed by atoms with van der Waals surface area (Å²) in [6.07, 6.45) is 0.176. The van der Waals surface area contributed by atoms with E-state index in [1.165, 1.54) is 0 Å². The first-order valence-corrected chi connectivity index (χ1v) is 6.21. The summed E-state index contributed by atoms with van der Waals surface area (Å²) in [7, 11) is 1.70. The van der Waals surface area contributed by atoms with Crippen molar-refractivity contribution in [3.63, 3.8) is 0 Å². The fourth-order valence-corrected chi connectivity index (χ4v) is 2.44. The van der Waals surface area contributed by atoms with Crippen LogP contribution in [0.1, 0.15) is 6.92 Å². The van der Waals surface area contributed by atoms with Gasteiger partial charge in [-0.1, -0.05) is 22.9 Å². The van der Waals surface area contributed by atoms with E-state index in [0.717, 1.165) is 26.9 Å².